The van der Waals surface area contributed by atoms with Gasteiger partial charge in [-0.15, -0.1) is 0 Å². The summed E-state index contributed by atoms with van der Waals surface area (Å²) in [6, 6.07) is 11.7. The summed E-state index contributed by atoms with van der Waals surface area (Å²) < 4.78 is 30.6. The van der Waals surface area contributed by atoms with Gasteiger partial charge in [0.05, 0.1) is 30.0 Å². The maximum absolute atomic E-state index is 12.9. The van der Waals surface area contributed by atoms with E-state index in [2.05, 4.69) is 19.9 Å². The van der Waals surface area contributed by atoms with E-state index in [1.54, 1.807) is 36.7 Å². The number of nitrogens with zero attached hydrogens (tertiary/aromatic N) is 3. The minimum absolute atomic E-state index is 0.0477. The van der Waals surface area contributed by atoms with Crippen LogP contribution in [0.1, 0.15) is 5.56 Å². The Balaban J connectivity index is 1.70. The van der Waals surface area contributed by atoms with E-state index >= 15 is 0 Å². The van der Waals surface area contributed by atoms with Gasteiger partial charge in [0.2, 0.25) is 0 Å². The number of ether oxygens (including phenoxy) is 1. The molecule has 4 aromatic rings. The van der Waals surface area contributed by atoms with Gasteiger partial charge in [0.15, 0.2) is 0 Å². The number of aromatic nitrogens is 4. The molecule has 0 fully saturated rings. The second-order valence-corrected chi connectivity index (χ2v) is 5.92. The van der Waals surface area contributed by atoms with E-state index in [9.17, 15) is 13.6 Å². The number of hydrogen-bond acceptors (Lipinski definition) is 4. The Labute approximate surface area is 152 Å². The van der Waals surface area contributed by atoms with Gasteiger partial charge < -0.3 is 4.74 Å². The Kier molecular flexibility index (Phi) is 4.37. The predicted octanol–water partition coefficient (Wildman–Crippen LogP) is 3.44. The van der Waals surface area contributed by atoms with Gasteiger partial charge in [-0.2, -0.15) is 13.9 Å². The number of hydrogen-bond donors (Lipinski definition) is 1. The lowest BCUT2D eigenvalue weighted by Crippen LogP contribution is -2.21. The quantitative estimate of drug-likeness (QED) is 0.586. The van der Waals surface area contributed by atoms with Gasteiger partial charge in [-0.25, -0.2) is 4.98 Å². The maximum atomic E-state index is 12.9. The number of halogens is 2. The molecule has 0 aliphatic rings. The number of nitrogens with one attached hydrogen (secondary N) is 1. The molecule has 0 bridgehead atoms. The Morgan fingerprint density at radius 1 is 1.15 bits per heavy atom. The van der Waals surface area contributed by atoms with Crippen molar-refractivity contribution in [2.45, 2.75) is 13.2 Å². The van der Waals surface area contributed by atoms with Crippen molar-refractivity contribution in [2.75, 3.05) is 0 Å². The van der Waals surface area contributed by atoms with E-state index in [1.165, 1.54) is 23.0 Å². The van der Waals surface area contributed by atoms with Crippen LogP contribution in [-0.4, -0.2) is 26.4 Å². The lowest BCUT2D eigenvalue weighted by molar-refractivity contribution is -0.0498. The molecule has 0 unspecified atom stereocenters. The van der Waals surface area contributed by atoms with Crippen molar-refractivity contribution in [3.63, 3.8) is 0 Å². The van der Waals surface area contributed by atoms with E-state index in [0.29, 0.717) is 16.5 Å². The number of H-pyrrole nitrogens is 1. The normalized spacial score (nSPS) is 11.2. The molecule has 2 heterocycles. The van der Waals surface area contributed by atoms with E-state index in [1.807, 2.05) is 6.07 Å². The Hall–Kier alpha value is -3.55. The van der Waals surface area contributed by atoms with Crippen LogP contribution in [-0.2, 0) is 6.54 Å². The first kappa shape index (κ1) is 16.9. The van der Waals surface area contributed by atoms with E-state index < -0.39 is 6.61 Å². The number of benzene rings is 2. The molecule has 27 heavy (non-hydrogen) atoms. The minimum Gasteiger partial charge on any atom is -0.435 e. The fraction of sp³-hybridized carbons (Fsp3) is 0.105. The van der Waals surface area contributed by atoms with Gasteiger partial charge in [0, 0.05) is 11.8 Å². The highest BCUT2D eigenvalue weighted by molar-refractivity contribution is 5.83. The van der Waals surface area contributed by atoms with E-state index in [4.69, 9.17) is 0 Å². The third-order valence-electron chi connectivity index (χ3n) is 4.13. The highest BCUT2D eigenvalue weighted by Gasteiger charge is 2.09. The molecule has 0 saturated heterocycles. The summed E-state index contributed by atoms with van der Waals surface area (Å²) in [5.74, 6) is 0.0477. The maximum Gasteiger partial charge on any atom is 0.387 e. The molecule has 0 saturated carbocycles. The van der Waals surface area contributed by atoms with Gasteiger partial charge in [-0.05, 0) is 35.4 Å². The predicted molar refractivity (Wildman–Crippen MR) is 95.8 cm³/mol. The SMILES string of the molecule is O=c1c2cc(-c3cn[nH]c3)ccc2ncn1Cc1cccc(OC(F)F)c1. The van der Waals surface area contributed by atoms with Gasteiger partial charge in [-0.3, -0.25) is 14.5 Å². The molecule has 2 aromatic carbocycles. The van der Waals surface area contributed by atoms with Gasteiger partial charge in [0.1, 0.15) is 5.75 Å². The van der Waals surface area contributed by atoms with Crippen LogP contribution < -0.4 is 10.3 Å². The van der Waals surface area contributed by atoms with Crippen molar-refractivity contribution in [1.82, 2.24) is 19.7 Å². The first-order chi connectivity index (χ1) is 13.1. The summed E-state index contributed by atoms with van der Waals surface area (Å²) in [7, 11) is 0. The molecule has 136 valence electrons. The third-order valence-corrected chi connectivity index (χ3v) is 4.13. The molecule has 0 spiro atoms. The molecule has 0 atom stereocenters. The van der Waals surface area contributed by atoms with Crippen LogP contribution in [0.5, 0.6) is 5.75 Å². The minimum atomic E-state index is -2.90. The fourth-order valence-corrected chi connectivity index (χ4v) is 2.88. The zero-order valence-electron chi connectivity index (χ0n) is 14.0. The number of fused-ring (bicyclic) bond motifs is 1. The summed E-state index contributed by atoms with van der Waals surface area (Å²) in [5.41, 5.74) is 2.73. The molecular formula is C19H14F2N4O2. The number of aromatic amines is 1. The molecule has 2 aromatic heterocycles. The summed E-state index contributed by atoms with van der Waals surface area (Å²) >= 11 is 0. The largest absolute Gasteiger partial charge is 0.435 e. The fourth-order valence-electron chi connectivity index (χ4n) is 2.88. The first-order valence-electron chi connectivity index (χ1n) is 8.12. The van der Waals surface area contributed by atoms with Gasteiger partial charge >= 0.3 is 6.61 Å². The van der Waals surface area contributed by atoms with Crippen LogP contribution in [0, 0.1) is 0 Å². The molecule has 4 rings (SSSR count). The van der Waals surface area contributed by atoms with Gasteiger partial charge in [0.25, 0.3) is 5.56 Å². The van der Waals surface area contributed by atoms with Crippen LogP contribution in [0.25, 0.3) is 22.0 Å². The second kappa shape index (κ2) is 6.99. The van der Waals surface area contributed by atoms with Crippen LogP contribution in [0.2, 0.25) is 0 Å². The van der Waals surface area contributed by atoms with Crippen molar-refractivity contribution in [1.29, 1.82) is 0 Å². The van der Waals surface area contributed by atoms with Crippen LogP contribution >= 0.6 is 0 Å². The lowest BCUT2D eigenvalue weighted by atomic mass is 10.1. The molecule has 0 amide bonds. The van der Waals surface area contributed by atoms with Crippen LogP contribution in [0.15, 0.2) is 66.0 Å². The average molecular weight is 368 g/mol. The average Bonchev–Trinajstić information content (AvgIpc) is 3.18. The Morgan fingerprint density at radius 3 is 2.81 bits per heavy atom. The van der Waals surface area contributed by atoms with E-state index in [0.717, 1.165) is 11.1 Å². The molecule has 1 N–H and O–H groups in total. The van der Waals surface area contributed by atoms with Crippen LogP contribution in [0.3, 0.4) is 0 Å². The van der Waals surface area contributed by atoms with Crippen molar-refractivity contribution in [3.8, 4) is 16.9 Å². The molecule has 8 heteroatoms. The molecule has 0 aliphatic carbocycles. The van der Waals surface area contributed by atoms with Crippen LogP contribution in [0.4, 0.5) is 8.78 Å². The smallest absolute Gasteiger partial charge is 0.387 e. The highest BCUT2D eigenvalue weighted by atomic mass is 19.3. The highest BCUT2D eigenvalue weighted by Crippen LogP contribution is 2.21. The van der Waals surface area contributed by atoms with Crippen molar-refractivity contribution < 1.29 is 13.5 Å². The van der Waals surface area contributed by atoms with Gasteiger partial charge in [-0.1, -0.05) is 18.2 Å². The molecule has 0 aliphatic heterocycles. The van der Waals surface area contributed by atoms with Crippen molar-refractivity contribution >= 4 is 10.9 Å². The molecule has 6 nitrogen and oxygen atoms in total. The zero-order valence-corrected chi connectivity index (χ0v) is 14.0. The third kappa shape index (κ3) is 3.55. The summed E-state index contributed by atoms with van der Waals surface area (Å²) in [5, 5.41) is 7.12. The Bertz CT molecular complexity index is 1140. The lowest BCUT2D eigenvalue weighted by Gasteiger charge is -2.09. The number of rotatable bonds is 5. The first-order valence-corrected chi connectivity index (χ1v) is 8.12. The van der Waals surface area contributed by atoms with Crippen molar-refractivity contribution in [3.05, 3.63) is 77.1 Å². The van der Waals surface area contributed by atoms with Crippen molar-refractivity contribution in [2.24, 2.45) is 0 Å². The summed E-state index contributed by atoms with van der Waals surface area (Å²) in [6.07, 6.45) is 4.86. The topological polar surface area (TPSA) is 72.8 Å². The van der Waals surface area contributed by atoms with E-state index in [-0.39, 0.29) is 17.9 Å². The second-order valence-electron chi connectivity index (χ2n) is 5.92. The zero-order chi connectivity index (χ0) is 18.8. The Morgan fingerprint density at radius 2 is 2.04 bits per heavy atom. The number of alkyl halides is 2. The molecular weight excluding hydrogens is 354 g/mol. The monoisotopic (exact) mass is 368 g/mol. The summed E-state index contributed by atoms with van der Waals surface area (Å²) in [4.78, 5) is 17.2. The summed E-state index contributed by atoms with van der Waals surface area (Å²) in [6.45, 7) is -2.70. The standard InChI is InChI=1S/C19H14F2N4O2/c20-19(21)27-15-3-1-2-12(6-15)10-25-11-22-17-5-4-13(7-16(17)18(25)26)14-8-23-24-9-14/h1-9,11,19H,10H2,(H,23,24). The molecule has 0 radical (unpaired) electrons.